The highest BCUT2D eigenvalue weighted by molar-refractivity contribution is 6.45. The van der Waals surface area contributed by atoms with Crippen LogP contribution in [0.25, 0.3) is 27.4 Å². The number of rotatable bonds is 5. The summed E-state index contributed by atoms with van der Waals surface area (Å²) in [5, 5.41) is 4.91. The maximum absolute atomic E-state index is 14.0. The summed E-state index contributed by atoms with van der Waals surface area (Å²) in [6.07, 6.45) is 4.94. The fourth-order valence-electron chi connectivity index (χ4n) is 6.27. The summed E-state index contributed by atoms with van der Waals surface area (Å²) in [5.41, 5.74) is 5.44. The molecule has 1 atom stereocenters. The van der Waals surface area contributed by atoms with Gasteiger partial charge in [0.25, 0.3) is 17.7 Å². The Hall–Kier alpha value is -4.91. The van der Waals surface area contributed by atoms with Crippen molar-refractivity contribution < 1.29 is 14.4 Å². The maximum Gasteiger partial charge on any atom is 0.266 e. The molecule has 0 radical (unpaired) electrons. The van der Waals surface area contributed by atoms with Crippen LogP contribution in [-0.2, 0) is 29.6 Å². The van der Waals surface area contributed by atoms with Crippen molar-refractivity contribution in [2.24, 2.45) is 13.0 Å². The minimum absolute atomic E-state index is 0.0965. The molecule has 0 bridgehead atoms. The third-order valence-electron chi connectivity index (χ3n) is 8.21. The van der Waals surface area contributed by atoms with Gasteiger partial charge in [0, 0.05) is 65.5 Å². The Balaban J connectivity index is 1.23. The van der Waals surface area contributed by atoms with Gasteiger partial charge in [0.2, 0.25) is 0 Å². The molecule has 2 aliphatic rings. The van der Waals surface area contributed by atoms with Gasteiger partial charge in [-0.3, -0.25) is 14.4 Å². The summed E-state index contributed by atoms with van der Waals surface area (Å²) >= 11 is 0. The number of nitrogens with zero attached hydrogens (tertiary/aromatic N) is 3. The number of amides is 3. The predicted molar refractivity (Wildman–Crippen MR) is 156 cm³/mol. The van der Waals surface area contributed by atoms with E-state index in [9.17, 15) is 14.4 Å². The first-order valence-electron chi connectivity index (χ1n) is 13.6. The first-order valence-corrected chi connectivity index (χ1v) is 13.6. The fourth-order valence-corrected chi connectivity index (χ4v) is 6.27. The van der Waals surface area contributed by atoms with E-state index in [2.05, 4.69) is 9.88 Å². The van der Waals surface area contributed by atoms with Gasteiger partial charge in [-0.25, -0.2) is 4.90 Å². The normalized spacial score (nSPS) is 17.0. The monoisotopic (exact) mass is 528 g/mol. The van der Waals surface area contributed by atoms with E-state index in [1.54, 1.807) is 12.1 Å². The average molecular weight is 529 g/mol. The number of anilines is 1. The molecule has 198 valence electrons. The van der Waals surface area contributed by atoms with Crippen molar-refractivity contribution in [3.05, 3.63) is 108 Å². The number of carbonyl (C=O) groups excluding carboxylic acids is 3. The van der Waals surface area contributed by atoms with Crippen LogP contribution in [0.4, 0.5) is 5.69 Å². The number of carbonyl (C=O) groups is 3. The Morgan fingerprint density at radius 2 is 1.60 bits per heavy atom. The second-order valence-electron chi connectivity index (χ2n) is 10.6. The number of fused-ring (bicyclic) bond motifs is 4. The molecule has 0 spiro atoms. The van der Waals surface area contributed by atoms with E-state index in [0.29, 0.717) is 29.8 Å². The summed E-state index contributed by atoms with van der Waals surface area (Å²) in [6, 6.07) is 25.1. The maximum atomic E-state index is 14.0. The molecule has 1 unspecified atom stereocenters. The van der Waals surface area contributed by atoms with Crippen LogP contribution in [0.3, 0.4) is 0 Å². The van der Waals surface area contributed by atoms with Gasteiger partial charge in [0.1, 0.15) is 0 Å². The lowest BCUT2D eigenvalue weighted by atomic mass is 9.95. The van der Waals surface area contributed by atoms with Crippen LogP contribution in [0, 0.1) is 5.92 Å². The van der Waals surface area contributed by atoms with Crippen LogP contribution in [0.15, 0.2) is 91.1 Å². The molecule has 2 aromatic heterocycles. The number of benzene rings is 3. The molecule has 0 aliphatic carbocycles. The predicted octanol–water partition coefficient (Wildman–Crippen LogP) is 5.08. The van der Waals surface area contributed by atoms with Gasteiger partial charge in [0.05, 0.1) is 16.8 Å². The molecular weight excluding hydrogens is 500 g/mol. The molecule has 5 aromatic rings. The summed E-state index contributed by atoms with van der Waals surface area (Å²) in [4.78, 5) is 41.6. The van der Waals surface area contributed by atoms with E-state index in [0.717, 1.165) is 46.0 Å². The smallest absolute Gasteiger partial charge is 0.266 e. The lowest BCUT2D eigenvalue weighted by molar-refractivity contribution is -0.119. The van der Waals surface area contributed by atoms with Gasteiger partial charge >= 0.3 is 0 Å². The summed E-state index contributed by atoms with van der Waals surface area (Å²) in [6.45, 7) is 1.28. The summed E-state index contributed by atoms with van der Waals surface area (Å²) in [5.74, 6) is -0.547. The fraction of sp³-hybridized carbons (Fsp3) is 0.182. The van der Waals surface area contributed by atoms with Crippen LogP contribution < -0.4 is 10.2 Å². The molecule has 3 amide bonds. The van der Waals surface area contributed by atoms with Gasteiger partial charge in [-0.2, -0.15) is 0 Å². The van der Waals surface area contributed by atoms with Crippen molar-refractivity contribution in [1.82, 2.24) is 14.5 Å². The number of aryl methyl sites for hydroxylation is 2. The van der Waals surface area contributed by atoms with Gasteiger partial charge in [-0.05, 0) is 43.0 Å². The van der Waals surface area contributed by atoms with Crippen LogP contribution in [0.1, 0.15) is 28.0 Å². The SMILES string of the molecule is Cn1cc(C2=CC(=O)N(c3c4n(c5ccccc35)CCC(CNC(=O)c3ccccc3)C4)C2=O)c2ccccc21. The zero-order chi connectivity index (χ0) is 27.4. The second kappa shape index (κ2) is 9.38. The largest absolute Gasteiger partial charge is 0.352 e. The molecular formula is C33H28N4O3. The van der Waals surface area contributed by atoms with Crippen molar-refractivity contribution >= 4 is 50.8 Å². The third kappa shape index (κ3) is 3.77. The van der Waals surface area contributed by atoms with Crippen molar-refractivity contribution in [1.29, 1.82) is 0 Å². The van der Waals surface area contributed by atoms with Gasteiger partial charge in [0.15, 0.2) is 0 Å². The topological polar surface area (TPSA) is 76.3 Å². The molecule has 1 N–H and O–H groups in total. The minimum Gasteiger partial charge on any atom is -0.352 e. The lowest BCUT2D eigenvalue weighted by Crippen LogP contribution is -2.35. The van der Waals surface area contributed by atoms with Crippen LogP contribution in [0.5, 0.6) is 0 Å². The molecule has 7 nitrogen and oxygen atoms in total. The van der Waals surface area contributed by atoms with E-state index in [1.165, 1.54) is 11.0 Å². The zero-order valence-corrected chi connectivity index (χ0v) is 22.1. The lowest BCUT2D eigenvalue weighted by Gasteiger charge is -2.27. The Morgan fingerprint density at radius 1 is 0.900 bits per heavy atom. The van der Waals surface area contributed by atoms with Gasteiger partial charge < -0.3 is 14.5 Å². The molecule has 7 rings (SSSR count). The number of hydrogen-bond acceptors (Lipinski definition) is 3. The van der Waals surface area contributed by atoms with E-state index >= 15 is 0 Å². The molecule has 0 fully saturated rings. The number of hydrogen-bond donors (Lipinski definition) is 1. The minimum atomic E-state index is -0.327. The first-order chi connectivity index (χ1) is 19.5. The van der Waals surface area contributed by atoms with Crippen molar-refractivity contribution in [3.8, 4) is 0 Å². The van der Waals surface area contributed by atoms with Crippen LogP contribution in [-0.4, -0.2) is 33.4 Å². The highest BCUT2D eigenvalue weighted by atomic mass is 16.2. The van der Waals surface area contributed by atoms with Crippen molar-refractivity contribution in [3.63, 3.8) is 0 Å². The summed E-state index contributed by atoms with van der Waals surface area (Å²) < 4.78 is 4.21. The Labute approximate surface area is 231 Å². The highest BCUT2D eigenvalue weighted by Crippen LogP contribution is 2.42. The van der Waals surface area contributed by atoms with Gasteiger partial charge in [-0.15, -0.1) is 0 Å². The number of aromatic nitrogens is 2. The highest BCUT2D eigenvalue weighted by Gasteiger charge is 2.39. The number of nitrogens with one attached hydrogen (secondary N) is 1. The van der Waals surface area contributed by atoms with E-state index in [4.69, 9.17) is 0 Å². The van der Waals surface area contributed by atoms with E-state index in [-0.39, 0.29) is 23.6 Å². The van der Waals surface area contributed by atoms with Crippen molar-refractivity contribution in [2.45, 2.75) is 19.4 Å². The molecule has 40 heavy (non-hydrogen) atoms. The first kappa shape index (κ1) is 24.2. The summed E-state index contributed by atoms with van der Waals surface area (Å²) in [7, 11) is 1.94. The Bertz CT molecular complexity index is 1860. The standard InChI is InChI=1S/C33H28N4O3/c1-35-20-26(23-11-5-7-13-27(23)35)25-18-30(38)37(33(25)40)31-24-12-6-8-14-28(24)36-16-15-21(17-29(31)36)19-34-32(39)22-9-3-2-4-10-22/h2-14,18,20-21H,15-17,19H2,1H3,(H,34,39). The average Bonchev–Trinajstić information content (AvgIpc) is 3.60. The van der Waals surface area contributed by atoms with Crippen LogP contribution in [0.2, 0.25) is 0 Å². The third-order valence-corrected chi connectivity index (χ3v) is 8.21. The second-order valence-corrected chi connectivity index (χ2v) is 10.6. The molecule has 3 aromatic carbocycles. The number of imide groups is 1. The van der Waals surface area contributed by atoms with Crippen molar-refractivity contribution in [2.75, 3.05) is 11.4 Å². The molecule has 7 heteroatoms. The zero-order valence-electron chi connectivity index (χ0n) is 22.1. The molecule has 0 saturated heterocycles. The van der Waals surface area contributed by atoms with E-state index in [1.807, 2.05) is 84.5 Å². The Kier molecular flexibility index (Phi) is 5.66. The quantitative estimate of drug-likeness (QED) is 0.323. The van der Waals surface area contributed by atoms with Crippen LogP contribution >= 0.6 is 0 Å². The Morgan fingerprint density at radius 3 is 2.40 bits per heavy atom. The van der Waals surface area contributed by atoms with Gasteiger partial charge in [-0.1, -0.05) is 54.6 Å². The molecule has 4 heterocycles. The molecule has 0 saturated carbocycles. The number of para-hydroxylation sites is 2. The van der Waals surface area contributed by atoms with E-state index < -0.39 is 0 Å². The molecule has 2 aliphatic heterocycles.